The van der Waals surface area contributed by atoms with Gasteiger partial charge in [0.05, 0.1) is 0 Å². The highest BCUT2D eigenvalue weighted by Crippen LogP contribution is 2.44. The van der Waals surface area contributed by atoms with E-state index in [1.807, 2.05) is 36.4 Å². The number of alkyl carbamates (subject to hydrolysis) is 1. The molecular formula is C26H31N3O5. The van der Waals surface area contributed by atoms with E-state index in [-0.39, 0.29) is 25.0 Å². The molecule has 3 N–H and O–H groups in total. The minimum absolute atomic E-state index is 0.0678. The zero-order chi connectivity index (χ0) is 24.5. The molecule has 0 spiro atoms. The SMILES string of the molecule is CN(C)CC(NC(=O)C(C)(NC(=O)OCC1c2ccccc2-c2ccccc21)C1CC1)C(=O)O. The van der Waals surface area contributed by atoms with E-state index >= 15 is 0 Å². The summed E-state index contributed by atoms with van der Waals surface area (Å²) in [4.78, 5) is 39.2. The summed E-state index contributed by atoms with van der Waals surface area (Å²) in [6.07, 6.45) is 0.865. The molecule has 0 radical (unpaired) electrons. The van der Waals surface area contributed by atoms with Crippen molar-refractivity contribution >= 4 is 18.0 Å². The predicted octanol–water partition coefficient (Wildman–Crippen LogP) is 2.82. The molecule has 34 heavy (non-hydrogen) atoms. The Hall–Kier alpha value is -3.39. The molecule has 0 aliphatic heterocycles. The molecule has 2 amide bonds. The molecule has 1 fully saturated rings. The highest BCUT2D eigenvalue weighted by Gasteiger charge is 2.49. The molecule has 1 saturated carbocycles. The van der Waals surface area contributed by atoms with Crippen molar-refractivity contribution in [3.8, 4) is 11.1 Å². The average Bonchev–Trinajstić information content (AvgIpc) is 3.61. The van der Waals surface area contributed by atoms with Crippen LogP contribution in [0.4, 0.5) is 4.79 Å². The number of likely N-dealkylation sites (N-methyl/N-ethyl adjacent to an activating group) is 1. The first kappa shape index (κ1) is 23.8. The van der Waals surface area contributed by atoms with Crippen molar-refractivity contribution in [3.05, 3.63) is 59.7 Å². The van der Waals surface area contributed by atoms with Crippen LogP contribution in [0, 0.1) is 5.92 Å². The minimum atomic E-state index is -1.25. The lowest BCUT2D eigenvalue weighted by Crippen LogP contribution is -2.62. The number of aliphatic carboxylic acids is 1. The number of ether oxygens (including phenoxy) is 1. The number of nitrogens with one attached hydrogen (secondary N) is 2. The standard InChI is InChI=1S/C26H31N3O5/c1-26(16-12-13-16,24(32)27-22(23(30)31)14-29(2)3)28-25(33)34-15-21-19-10-6-4-8-17(19)18-9-5-7-11-20(18)21/h4-11,16,21-22H,12-15H2,1-3H3,(H,27,32)(H,28,33)(H,30,31). The van der Waals surface area contributed by atoms with Crippen LogP contribution in [0.1, 0.15) is 36.8 Å². The predicted molar refractivity (Wildman–Crippen MR) is 127 cm³/mol. The van der Waals surface area contributed by atoms with Crippen LogP contribution in [0.5, 0.6) is 0 Å². The first-order valence-corrected chi connectivity index (χ1v) is 11.5. The summed E-state index contributed by atoms with van der Waals surface area (Å²) in [7, 11) is 3.47. The normalized spacial score (nSPS) is 17.3. The van der Waals surface area contributed by atoms with Gasteiger partial charge in [-0.2, -0.15) is 0 Å². The van der Waals surface area contributed by atoms with Gasteiger partial charge >= 0.3 is 12.1 Å². The summed E-state index contributed by atoms with van der Waals surface area (Å²) in [5.41, 5.74) is 3.23. The highest BCUT2D eigenvalue weighted by molar-refractivity contribution is 5.93. The maximum atomic E-state index is 13.1. The van der Waals surface area contributed by atoms with E-state index < -0.39 is 29.6 Å². The van der Waals surface area contributed by atoms with Gasteiger partial charge in [0, 0.05) is 12.5 Å². The zero-order valence-corrected chi connectivity index (χ0v) is 19.7. The number of amides is 2. The molecule has 2 aliphatic rings. The molecule has 2 unspecified atom stereocenters. The maximum absolute atomic E-state index is 13.1. The van der Waals surface area contributed by atoms with Crippen molar-refractivity contribution in [2.24, 2.45) is 5.92 Å². The van der Waals surface area contributed by atoms with Gasteiger partial charge in [0.1, 0.15) is 18.2 Å². The number of nitrogens with zero attached hydrogens (tertiary/aromatic N) is 1. The highest BCUT2D eigenvalue weighted by atomic mass is 16.5. The van der Waals surface area contributed by atoms with Crippen LogP contribution in [0.3, 0.4) is 0 Å². The lowest BCUT2D eigenvalue weighted by molar-refractivity contribution is -0.143. The monoisotopic (exact) mass is 465 g/mol. The topological polar surface area (TPSA) is 108 Å². The van der Waals surface area contributed by atoms with Crippen molar-refractivity contribution in [3.63, 3.8) is 0 Å². The summed E-state index contributed by atoms with van der Waals surface area (Å²) in [5, 5.41) is 14.8. The van der Waals surface area contributed by atoms with Crippen LogP contribution in [0.25, 0.3) is 11.1 Å². The van der Waals surface area contributed by atoms with Crippen LogP contribution in [0.15, 0.2) is 48.5 Å². The van der Waals surface area contributed by atoms with Crippen molar-refractivity contribution in [2.75, 3.05) is 27.2 Å². The molecule has 2 aromatic rings. The summed E-state index contributed by atoms with van der Waals surface area (Å²) in [6, 6.07) is 15.1. The van der Waals surface area contributed by atoms with Gasteiger partial charge in [-0.1, -0.05) is 48.5 Å². The molecule has 0 saturated heterocycles. The Morgan fingerprint density at radius 2 is 1.62 bits per heavy atom. The Kier molecular flexibility index (Phi) is 6.61. The third kappa shape index (κ3) is 4.77. The average molecular weight is 466 g/mol. The van der Waals surface area contributed by atoms with Gasteiger partial charge in [-0.05, 0) is 62.0 Å². The first-order chi connectivity index (χ1) is 16.2. The van der Waals surface area contributed by atoms with E-state index in [2.05, 4.69) is 22.8 Å². The van der Waals surface area contributed by atoms with Gasteiger partial charge in [-0.15, -0.1) is 0 Å². The lowest BCUT2D eigenvalue weighted by Gasteiger charge is -2.31. The Morgan fingerprint density at radius 3 is 2.12 bits per heavy atom. The molecule has 0 aromatic heterocycles. The van der Waals surface area contributed by atoms with E-state index in [0.717, 1.165) is 35.1 Å². The summed E-state index contributed by atoms with van der Waals surface area (Å²) in [5.74, 6) is -1.79. The summed E-state index contributed by atoms with van der Waals surface area (Å²) < 4.78 is 5.63. The molecular weight excluding hydrogens is 434 g/mol. The second-order valence-electron chi connectivity index (χ2n) is 9.55. The van der Waals surface area contributed by atoms with E-state index in [4.69, 9.17) is 4.74 Å². The Bertz CT molecular complexity index is 1050. The number of benzene rings is 2. The van der Waals surface area contributed by atoms with E-state index in [9.17, 15) is 19.5 Å². The summed E-state index contributed by atoms with van der Waals surface area (Å²) in [6.45, 7) is 1.92. The van der Waals surface area contributed by atoms with Crippen LogP contribution in [-0.4, -0.2) is 66.8 Å². The molecule has 0 bridgehead atoms. The quantitative estimate of drug-likeness (QED) is 0.526. The minimum Gasteiger partial charge on any atom is -0.480 e. The molecule has 2 aliphatic carbocycles. The molecule has 180 valence electrons. The van der Waals surface area contributed by atoms with Gasteiger partial charge in [0.2, 0.25) is 5.91 Å². The Morgan fingerprint density at radius 1 is 1.06 bits per heavy atom. The number of hydrogen-bond donors (Lipinski definition) is 3. The third-order valence-corrected chi connectivity index (χ3v) is 6.72. The molecule has 4 rings (SSSR count). The first-order valence-electron chi connectivity index (χ1n) is 11.5. The largest absolute Gasteiger partial charge is 0.480 e. The van der Waals surface area contributed by atoms with Gasteiger partial charge in [-0.25, -0.2) is 9.59 Å². The number of rotatable bonds is 9. The van der Waals surface area contributed by atoms with E-state index in [1.165, 1.54) is 0 Å². The Labute approximate surface area is 199 Å². The third-order valence-electron chi connectivity index (χ3n) is 6.72. The second kappa shape index (κ2) is 9.46. The molecule has 8 nitrogen and oxygen atoms in total. The van der Waals surface area contributed by atoms with Crippen molar-refractivity contribution < 1.29 is 24.2 Å². The number of carboxylic acid groups (broad SMARTS) is 1. The lowest BCUT2D eigenvalue weighted by atomic mass is 9.94. The van der Waals surface area contributed by atoms with Crippen molar-refractivity contribution in [1.82, 2.24) is 15.5 Å². The number of carboxylic acids is 1. The molecule has 0 heterocycles. The van der Waals surface area contributed by atoms with E-state index in [0.29, 0.717) is 0 Å². The fourth-order valence-electron chi connectivity index (χ4n) is 4.71. The number of carbonyl (C=O) groups excluding carboxylic acids is 2. The van der Waals surface area contributed by atoms with Gasteiger partial charge in [0.15, 0.2) is 0 Å². The van der Waals surface area contributed by atoms with Gasteiger partial charge in [-0.3, -0.25) is 4.79 Å². The van der Waals surface area contributed by atoms with Gasteiger partial charge < -0.3 is 25.4 Å². The zero-order valence-electron chi connectivity index (χ0n) is 19.7. The van der Waals surface area contributed by atoms with Gasteiger partial charge in [0.25, 0.3) is 0 Å². The number of carbonyl (C=O) groups is 3. The number of fused-ring (bicyclic) bond motifs is 3. The fourth-order valence-corrected chi connectivity index (χ4v) is 4.71. The van der Waals surface area contributed by atoms with Crippen LogP contribution in [0.2, 0.25) is 0 Å². The van der Waals surface area contributed by atoms with Crippen LogP contribution >= 0.6 is 0 Å². The summed E-state index contributed by atoms with van der Waals surface area (Å²) >= 11 is 0. The molecule has 8 heteroatoms. The second-order valence-corrected chi connectivity index (χ2v) is 9.55. The van der Waals surface area contributed by atoms with Crippen molar-refractivity contribution in [1.29, 1.82) is 0 Å². The van der Waals surface area contributed by atoms with E-state index in [1.54, 1.807) is 25.9 Å². The van der Waals surface area contributed by atoms with Crippen molar-refractivity contribution in [2.45, 2.75) is 37.3 Å². The molecule has 2 atom stereocenters. The fraction of sp³-hybridized carbons (Fsp3) is 0.423. The molecule has 2 aromatic carbocycles. The van der Waals surface area contributed by atoms with Crippen LogP contribution < -0.4 is 10.6 Å². The number of hydrogen-bond acceptors (Lipinski definition) is 5. The smallest absolute Gasteiger partial charge is 0.408 e. The maximum Gasteiger partial charge on any atom is 0.408 e. The van der Waals surface area contributed by atoms with Crippen LogP contribution in [-0.2, 0) is 14.3 Å². The Balaban J connectivity index is 1.44.